The first-order chi connectivity index (χ1) is 19.5. The summed E-state index contributed by atoms with van der Waals surface area (Å²) < 4.78 is 1.72. The van der Waals surface area contributed by atoms with Crippen molar-refractivity contribution in [3.8, 4) is 11.1 Å². The van der Waals surface area contributed by atoms with Crippen LogP contribution in [0.5, 0.6) is 0 Å². The van der Waals surface area contributed by atoms with Crippen molar-refractivity contribution in [3.63, 3.8) is 0 Å². The van der Waals surface area contributed by atoms with Crippen LogP contribution in [0.4, 0.5) is 5.69 Å². The van der Waals surface area contributed by atoms with Crippen molar-refractivity contribution in [1.82, 2.24) is 19.4 Å². The maximum Gasteiger partial charge on any atom is 0.258 e. The first-order valence-corrected chi connectivity index (χ1v) is 14.0. The molecule has 0 aliphatic carbocycles. The van der Waals surface area contributed by atoms with Gasteiger partial charge < -0.3 is 20.5 Å². The summed E-state index contributed by atoms with van der Waals surface area (Å²) in [7, 11) is 0. The van der Waals surface area contributed by atoms with Crippen molar-refractivity contribution in [2.75, 3.05) is 18.4 Å². The zero-order chi connectivity index (χ0) is 28.1. The number of hydrogen-bond acceptors (Lipinski definition) is 6. The van der Waals surface area contributed by atoms with E-state index in [0.29, 0.717) is 24.8 Å². The number of carbonyl (C=O) groups excluding carboxylic acids is 1. The number of amides is 1. The average Bonchev–Trinajstić information content (AvgIpc) is 3.14. The molecule has 2 aromatic heterocycles. The quantitative estimate of drug-likeness (QED) is 0.317. The molecule has 8 nitrogen and oxygen atoms in total. The Morgan fingerprint density at radius 2 is 1.85 bits per heavy atom. The summed E-state index contributed by atoms with van der Waals surface area (Å²) in [5.74, 6) is 0.0646. The monoisotopic (exact) mass is 536 g/mol. The molecule has 0 saturated carbocycles. The molecule has 1 aliphatic rings. The van der Waals surface area contributed by atoms with E-state index in [1.54, 1.807) is 23.2 Å². The van der Waals surface area contributed by atoms with Gasteiger partial charge in [0.25, 0.3) is 5.56 Å². The standard InChI is InChI=1S/C32H36N6O2/c1-3-13-37(14-4-2)31(39)26-18-25-6-5-23(19-29(25)36-30(33)20-26)22-7-8-28-24(17-22)9-15-38(32(28)40)16-10-27-21-34-11-12-35-27/h5-9,11-12,15,17-19,21,30,36H,3-4,10,13-14,16,20,33H2,1-2H3. The second kappa shape index (κ2) is 12.3. The number of rotatable bonds is 9. The highest BCUT2D eigenvalue weighted by Crippen LogP contribution is 2.32. The maximum atomic E-state index is 13.3. The van der Waals surface area contributed by atoms with Gasteiger partial charge in [0.1, 0.15) is 0 Å². The van der Waals surface area contributed by atoms with Crippen LogP contribution in [0.25, 0.3) is 28.0 Å². The minimum absolute atomic E-state index is 0.0231. The van der Waals surface area contributed by atoms with Gasteiger partial charge in [-0.2, -0.15) is 0 Å². The summed E-state index contributed by atoms with van der Waals surface area (Å²) in [6.45, 7) is 6.20. The highest BCUT2D eigenvalue weighted by Gasteiger charge is 2.23. The number of nitrogens with one attached hydrogen (secondary N) is 1. The zero-order valence-corrected chi connectivity index (χ0v) is 23.1. The van der Waals surface area contributed by atoms with E-state index >= 15 is 0 Å². The molecule has 8 heteroatoms. The number of anilines is 1. The van der Waals surface area contributed by atoms with Crippen molar-refractivity contribution >= 4 is 28.4 Å². The summed E-state index contributed by atoms with van der Waals surface area (Å²) in [6, 6.07) is 14.0. The maximum absolute atomic E-state index is 13.3. The Hall–Kier alpha value is -4.30. The first kappa shape index (κ1) is 27.3. The van der Waals surface area contributed by atoms with Crippen molar-refractivity contribution < 1.29 is 4.79 Å². The van der Waals surface area contributed by atoms with E-state index in [0.717, 1.165) is 65.0 Å². The molecule has 4 aromatic rings. The Bertz CT molecular complexity index is 1590. The van der Waals surface area contributed by atoms with Gasteiger partial charge in [-0.3, -0.25) is 19.6 Å². The number of carbonyl (C=O) groups is 1. The minimum atomic E-state index is -0.367. The van der Waals surface area contributed by atoms with E-state index in [1.807, 2.05) is 47.5 Å². The Morgan fingerprint density at radius 3 is 2.60 bits per heavy atom. The van der Waals surface area contributed by atoms with E-state index < -0.39 is 0 Å². The van der Waals surface area contributed by atoms with Crippen LogP contribution >= 0.6 is 0 Å². The van der Waals surface area contributed by atoms with Gasteiger partial charge in [0.15, 0.2) is 0 Å². The number of hydrogen-bond donors (Lipinski definition) is 2. The van der Waals surface area contributed by atoms with Gasteiger partial charge in [0, 0.05) is 73.9 Å². The molecular weight excluding hydrogens is 500 g/mol. The molecule has 1 aliphatic heterocycles. The first-order valence-electron chi connectivity index (χ1n) is 14.0. The van der Waals surface area contributed by atoms with Crippen LogP contribution in [-0.4, -0.2) is 44.6 Å². The van der Waals surface area contributed by atoms with Crippen LogP contribution in [0.3, 0.4) is 0 Å². The summed E-state index contributed by atoms with van der Waals surface area (Å²) >= 11 is 0. The molecule has 40 heavy (non-hydrogen) atoms. The fraction of sp³-hybridized carbons (Fsp3) is 0.312. The lowest BCUT2D eigenvalue weighted by atomic mass is 9.99. The Balaban J connectivity index is 1.41. The van der Waals surface area contributed by atoms with Crippen molar-refractivity contribution in [1.29, 1.82) is 0 Å². The third-order valence-electron chi connectivity index (χ3n) is 7.25. The molecule has 1 amide bonds. The topological polar surface area (TPSA) is 106 Å². The van der Waals surface area contributed by atoms with Crippen LogP contribution < -0.4 is 16.6 Å². The fourth-order valence-corrected chi connectivity index (χ4v) is 5.27. The molecule has 5 rings (SSSR count). The van der Waals surface area contributed by atoms with Crippen LogP contribution in [0.2, 0.25) is 0 Å². The number of nitrogens with zero attached hydrogens (tertiary/aromatic N) is 4. The smallest absolute Gasteiger partial charge is 0.258 e. The molecule has 0 radical (unpaired) electrons. The lowest BCUT2D eigenvalue weighted by molar-refractivity contribution is -0.127. The molecule has 206 valence electrons. The molecule has 3 heterocycles. The predicted octanol–water partition coefficient (Wildman–Crippen LogP) is 4.83. The van der Waals surface area contributed by atoms with Crippen molar-refractivity contribution in [2.24, 2.45) is 5.73 Å². The van der Waals surface area contributed by atoms with E-state index in [2.05, 4.69) is 41.3 Å². The number of pyridine rings is 1. The third kappa shape index (κ3) is 5.97. The van der Waals surface area contributed by atoms with Gasteiger partial charge in [0.2, 0.25) is 5.91 Å². The summed E-state index contributed by atoms with van der Waals surface area (Å²) in [5.41, 5.74) is 11.8. The Labute approximate surface area is 234 Å². The van der Waals surface area contributed by atoms with Gasteiger partial charge in [-0.05, 0) is 65.3 Å². The zero-order valence-electron chi connectivity index (χ0n) is 23.1. The summed E-state index contributed by atoms with van der Waals surface area (Å²) in [6.07, 6.45) is 11.4. The number of nitrogens with two attached hydrogens (primary N) is 1. The van der Waals surface area contributed by atoms with Crippen LogP contribution in [0, 0.1) is 0 Å². The number of fused-ring (bicyclic) bond motifs is 2. The predicted molar refractivity (Wildman–Crippen MR) is 161 cm³/mol. The van der Waals surface area contributed by atoms with Gasteiger partial charge in [-0.15, -0.1) is 0 Å². The van der Waals surface area contributed by atoms with E-state index in [9.17, 15) is 9.59 Å². The van der Waals surface area contributed by atoms with Crippen molar-refractivity contribution in [3.05, 3.63) is 94.4 Å². The minimum Gasteiger partial charge on any atom is -0.369 e. The molecule has 0 spiro atoms. The molecular formula is C32H36N6O2. The number of aryl methyl sites for hydroxylation is 2. The molecule has 2 aromatic carbocycles. The van der Waals surface area contributed by atoms with E-state index in [1.165, 1.54) is 0 Å². The van der Waals surface area contributed by atoms with Crippen LogP contribution in [0.15, 0.2) is 77.6 Å². The normalized spacial score (nSPS) is 14.7. The van der Waals surface area contributed by atoms with Crippen molar-refractivity contribution in [2.45, 2.75) is 52.2 Å². The largest absolute Gasteiger partial charge is 0.369 e. The molecule has 3 N–H and O–H groups in total. The van der Waals surface area contributed by atoms with Crippen LogP contribution in [-0.2, 0) is 17.8 Å². The summed E-state index contributed by atoms with van der Waals surface area (Å²) in [4.78, 5) is 36.8. The van der Waals surface area contributed by atoms with Gasteiger partial charge in [-0.1, -0.05) is 32.0 Å². The third-order valence-corrected chi connectivity index (χ3v) is 7.25. The molecule has 1 unspecified atom stereocenters. The van der Waals surface area contributed by atoms with Gasteiger partial charge in [0.05, 0.1) is 11.9 Å². The lowest BCUT2D eigenvalue weighted by Crippen LogP contribution is -2.36. The SMILES string of the molecule is CCCN(CCC)C(=O)C1=Cc2ccc(-c3ccc4c(=O)n(CCc5cnccn5)ccc4c3)cc2NC(N)C1. The Morgan fingerprint density at radius 1 is 1.07 bits per heavy atom. The van der Waals surface area contributed by atoms with Gasteiger partial charge >= 0.3 is 0 Å². The molecule has 1 atom stereocenters. The molecule has 0 bridgehead atoms. The van der Waals surface area contributed by atoms with E-state index in [-0.39, 0.29) is 17.6 Å². The highest BCUT2D eigenvalue weighted by atomic mass is 16.2. The molecule has 0 fully saturated rings. The fourth-order valence-electron chi connectivity index (χ4n) is 5.27. The van der Waals surface area contributed by atoms with Crippen LogP contribution in [0.1, 0.15) is 44.4 Å². The molecule has 0 saturated heterocycles. The second-order valence-electron chi connectivity index (χ2n) is 10.3. The average molecular weight is 537 g/mol. The second-order valence-corrected chi connectivity index (χ2v) is 10.3. The van der Waals surface area contributed by atoms with Gasteiger partial charge in [-0.25, -0.2) is 0 Å². The number of benzene rings is 2. The lowest BCUT2D eigenvalue weighted by Gasteiger charge is -2.23. The number of aromatic nitrogens is 3. The summed E-state index contributed by atoms with van der Waals surface area (Å²) in [5, 5.41) is 4.96. The highest BCUT2D eigenvalue weighted by molar-refractivity contribution is 5.99. The Kier molecular flexibility index (Phi) is 8.36. The van der Waals surface area contributed by atoms with E-state index in [4.69, 9.17) is 5.73 Å².